The Balaban J connectivity index is 1.95. The monoisotopic (exact) mass is 340 g/mol. The van der Waals surface area contributed by atoms with Gasteiger partial charge in [0.1, 0.15) is 5.60 Å². The van der Waals surface area contributed by atoms with Crippen LogP contribution in [-0.4, -0.2) is 24.1 Å². The van der Waals surface area contributed by atoms with Gasteiger partial charge in [-0.3, -0.25) is 0 Å². The Kier molecular flexibility index (Phi) is 6.75. The van der Waals surface area contributed by atoms with E-state index in [0.29, 0.717) is 30.4 Å². The molecule has 0 spiro atoms. The number of carbonyl (C=O) groups is 2. The van der Waals surface area contributed by atoms with E-state index in [-0.39, 0.29) is 18.5 Å². The predicted molar refractivity (Wildman–Crippen MR) is 96.5 cm³/mol. The van der Waals surface area contributed by atoms with Crippen molar-refractivity contribution in [2.75, 3.05) is 6.61 Å². The van der Waals surface area contributed by atoms with Crippen molar-refractivity contribution < 1.29 is 19.1 Å². The average Bonchev–Trinajstić information content (AvgIpc) is 2.68. The van der Waals surface area contributed by atoms with E-state index in [1.807, 2.05) is 26.0 Å². The molecule has 0 heterocycles. The quantitative estimate of drug-likeness (QED) is 0.656. The second kappa shape index (κ2) is 9.02. The number of esters is 2. The number of hydrogen-bond acceptors (Lipinski definition) is 4. The lowest BCUT2D eigenvalue weighted by atomic mass is 9.93. The summed E-state index contributed by atoms with van der Waals surface area (Å²) in [4.78, 5) is 24.4. The maximum absolute atomic E-state index is 12.4. The number of rotatable bonds is 8. The van der Waals surface area contributed by atoms with Crippen LogP contribution in [0.15, 0.2) is 60.7 Å². The van der Waals surface area contributed by atoms with E-state index in [1.54, 1.807) is 48.5 Å². The predicted octanol–water partition coefficient (Wildman–Crippen LogP) is 4.65. The molecule has 25 heavy (non-hydrogen) atoms. The van der Waals surface area contributed by atoms with Gasteiger partial charge in [-0.1, -0.05) is 50.2 Å². The lowest BCUT2D eigenvalue weighted by Crippen LogP contribution is -2.35. The van der Waals surface area contributed by atoms with E-state index in [2.05, 4.69) is 0 Å². The van der Waals surface area contributed by atoms with Crippen LogP contribution in [0.1, 0.15) is 53.8 Å². The summed E-state index contributed by atoms with van der Waals surface area (Å²) in [6.45, 7) is 4.15. The number of benzene rings is 2. The molecule has 0 saturated heterocycles. The molecule has 4 heteroatoms. The summed E-state index contributed by atoms with van der Waals surface area (Å²) in [6.07, 6.45) is 1.78. The van der Waals surface area contributed by atoms with Crippen molar-refractivity contribution in [2.24, 2.45) is 0 Å². The zero-order valence-electron chi connectivity index (χ0n) is 14.7. The fourth-order valence-corrected chi connectivity index (χ4v) is 2.62. The van der Waals surface area contributed by atoms with Gasteiger partial charge in [0.2, 0.25) is 0 Å². The minimum absolute atomic E-state index is 0.206. The van der Waals surface area contributed by atoms with E-state index in [4.69, 9.17) is 9.47 Å². The van der Waals surface area contributed by atoms with Crippen LogP contribution in [0.4, 0.5) is 0 Å². The van der Waals surface area contributed by atoms with E-state index >= 15 is 0 Å². The molecule has 0 aliphatic rings. The normalized spacial score (nSPS) is 11.0. The number of ether oxygens (including phenoxy) is 2. The molecule has 0 bridgehead atoms. The van der Waals surface area contributed by atoms with Crippen molar-refractivity contribution in [3.63, 3.8) is 0 Å². The summed E-state index contributed by atoms with van der Waals surface area (Å²) in [5, 5.41) is 0. The second-order valence-corrected chi connectivity index (χ2v) is 5.90. The third-order valence-electron chi connectivity index (χ3n) is 4.41. The highest BCUT2D eigenvalue weighted by molar-refractivity contribution is 5.90. The summed E-state index contributed by atoms with van der Waals surface area (Å²) in [5.41, 5.74) is 0.404. The highest BCUT2D eigenvalue weighted by atomic mass is 16.6. The average molecular weight is 340 g/mol. The van der Waals surface area contributed by atoms with Gasteiger partial charge in [0.15, 0.2) is 0 Å². The van der Waals surface area contributed by atoms with Gasteiger partial charge in [-0.05, 0) is 37.1 Å². The van der Waals surface area contributed by atoms with Crippen molar-refractivity contribution >= 4 is 11.9 Å². The maximum Gasteiger partial charge on any atom is 0.338 e. The largest absolute Gasteiger partial charge is 0.462 e. The van der Waals surface area contributed by atoms with E-state index in [1.165, 1.54) is 0 Å². The topological polar surface area (TPSA) is 52.6 Å². The molecule has 0 radical (unpaired) electrons. The molecule has 0 aliphatic carbocycles. The van der Waals surface area contributed by atoms with Crippen LogP contribution in [0.3, 0.4) is 0 Å². The molecular weight excluding hydrogens is 316 g/mol. The third kappa shape index (κ3) is 5.18. The molecule has 0 N–H and O–H groups in total. The summed E-state index contributed by atoms with van der Waals surface area (Å²) >= 11 is 0. The lowest BCUT2D eigenvalue weighted by Gasteiger charge is -2.31. The van der Waals surface area contributed by atoms with E-state index in [9.17, 15) is 9.59 Å². The molecule has 0 amide bonds. The van der Waals surface area contributed by atoms with Crippen LogP contribution >= 0.6 is 0 Å². The highest BCUT2D eigenvalue weighted by Gasteiger charge is 2.31. The van der Waals surface area contributed by atoms with Gasteiger partial charge in [0, 0.05) is 6.42 Å². The summed E-state index contributed by atoms with van der Waals surface area (Å²) in [5.74, 6) is -0.713. The summed E-state index contributed by atoms with van der Waals surface area (Å²) in [7, 11) is 0. The first-order valence-electron chi connectivity index (χ1n) is 8.61. The molecule has 0 unspecified atom stereocenters. The van der Waals surface area contributed by atoms with Crippen molar-refractivity contribution in [1.82, 2.24) is 0 Å². The van der Waals surface area contributed by atoms with Crippen molar-refractivity contribution in [3.8, 4) is 0 Å². The van der Waals surface area contributed by atoms with Crippen molar-refractivity contribution in [2.45, 2.75) is 38.7 Å². The Morgan fingerprint density at radius 2 is 1.28 bits per heavy atom. The van der Waals surface area contributed by atoms with Gasteiger partial charge in [0.05, 0.1) is 17.7 Å². The fourth-order valence-electron chi connectivity index (χ4n) is 2.62. The Morgan fingerprint density at radius 1 is 0.800 bits per heavy atom. The van der Waals surface area contributed by atoms with Crippen LogP contribution in [0.2, 0.25) is 0 Å². The minimum Gasteiger partial charge on any atom is -0.462 e. The first-order chi connectivity index (χ1) is 12.1. The Morgan fingerprint density at radius 3 is 1.76 bits per heavy atom. The Bertz CT molecular complexity index is 676. The third-order valence-corrected chi connectivity index (χ3v) is 4.41. The van der Waals surface area contributed by atoms with Crippen molar-refractivity contribution in [1.29, 1.82) is 0 Å². The van der Waals surface area contributed by atoms with Gasteiger partial charge in [-0.15, -0.1) is 0 Å². The molecule has 132 valence electrons. The van der Waals surface area contributed by atoms with Gasteiger partial charge >= 0.3 is 11.9 Å². The first-order valence-corrected chi connectivity index (χ1v) is 8.61. The van der Waals surface area contributed by atoms with E-state index in [0.717, 1.165) is 0 Å². The van der Waals surface area contributed by atoms with Crippen LogP contribution < -0.4 is 0 Å². The highest BCUT2D eigenvalue weighted by Crippen LogP contribution is 2.26. The lowest BCUT2D eigenvalue weighted by molar-refractivity contribution is -0.0368. The van der Waals surface area contributed by atoms with Gasteiger partial charge in [-0.2, -0.15) is 0 Å². The first kappa shape index (κ1) is 18.7. The molecule has 0 aromatic heterocycles. The molecule has 0 fully saturated rings. The van der Waals surface area contributed by atoms with Crippen LogP contribution in [0, 0.1) is 0 Å². The number of carbonyl (C=O) groups excluding carboxylic acids is 2. The van der Waals surface area contributed by atoms with Gasteiger partial charge in [0.25, 0.3) is 0 Å². The fraction of sp³-hybridized carbons (Fsp3) is 0.333. The maximum atomic E-state index is 12.4. The van der Waals surface area contributed by atoms with Crippen LogP contribution in [0.25, 0.3) is 0 Å². The summed E-state index contributed by atoms with van der Waals surface area (Å²) in [6, 6.07) is 17.8. The molecule has 2 rings (SSSR count). The standard InChI is InChI=1S/C21H24O4/c1-3-21(4-2,25-20(23)18-13-9-6-10-14-18)15-16-24-19(22)17-11-7-5-8-12-17/h5-14H,3-4,15-16H2,1-2H3. The molecule has 0 saturated carbocycles. The second-order valence-electron chi connectivity index (χ2n) is 5.90. The summed E-state index contributed by atoms with van der Waals surface area (Å²) < 4.78 is 11.1. The minimum atomic E-state index is -0.635. The SMILES string of the molecule is CCC(CC)(CCOC(=O)c1ccccc1)OC(=O)c1ccccc1. The van der Waals surface area contributed by atoms with Crippen molar-refractivity contribution in [3.05, 3.63) is 71.8 Å². The molecule has 0 aliphatic heterocycles. The molecule has 4 nitrogen and oxygen atoms in total. The zero-order valence-corrected chi connectivity index (χ0v) is 14.7. The Hall–Kier alpha value is -2.62. The molecule has 2 aromatic carbocycles. The van der Waals surface area contributed by atoms with E-state index < -0.39 is 5.60 Å². The molecular formula is C21H24O4. The molecule has 2 aromatic rings. The van der Waals surface area contributed by atoms with Gasteiger partial charge < -0.3 is 9.47 Å². The zero-order chi connectivity index (χ0) is 18.1. The smallest absolute Gasteiger partial charge is 0.338 e. The van der Waals surface area contributed by atoms with Crippen LogP contribution in [0.5, 0.6) is 0 Å². The number of hydrogen-bond donors (Lipinski definition) is 0. The van der Waals surface area contributed by atoms with Gasteiger partial charge in [-0.25, -0.2) is 9.59 Å². The molecule has 0 atom stereocenters. The van der Waals surface area contributed by atoms with Crippen LogP contribution in [-0.2, 0) is 9.47 Å². The Labute approximate surface area is 148 Å².